The molecule has 3 nitrogen and oxygen atoms in total. The molecule has 1 heterocycles. The Labute approximate surface area is 81.2 Å². The summed E-state index contributed by atoms with van der Waals surface area (Å²) in [4.78, 5) is 13.2. The average molecular weight is 236 g/mol. The van der Waals surface area contributed by atoms with Gasteiger partial charge in [-0.25, -0.2) is 0 Å². The van der Waals surface area contributed by atoms with Crippen LogP contribution in [0.25, 0.3) is 0 Å². The van der Waals surface area contributed by atoms with Crippen molar-refractivity contribution in [1.29, 1.82) is 0 Å². The fraction of sp³-hybridized carbons (Fsp3) is 0.875. The molecule has 4 heteroatoms. The van der Waals surface area contributed by atoms with Gasteiger partial charge in [0.2, 0.25) is 5.91 Å². The number of rotatable bonds is 3. The largest absolute Gasteiger partial charge is 0.379 e. The highest BCUT2D eigenvalue weighted by Crippen LogP contribution is 2.02. The highest BCUT2D eigenvalue weighted by molar-refractivity contribution is 9.09. The van der Waals surface area contributed by atoms with E-state index < -0.39 is 0 Å². The summed E-state index contributed by atoms with van der Waals surface area (Å²) in [6.07, 6.45) is 1.56. The molecule has 12 heavy (non-hydrogen) atoms. The number of hydrogen-bond acceptors (Lipinski definition) is 2. The van der Waals surface area contributed by atoms with E-state index >= 15 is 0 Å². The van der Waals surface area contributed by atoms with E-state index in [1.54, 1.807) is 0 Å². The molecule has 1 rings (SSSR count). The van der Waals surface area contributed by atoms with Gasteiger partial charge in [0.15, 0.2) is 0 Å². The van der Waals surface area contributed by atoms with E-state index in [2.05, 4.69) is 15.9 Å². The molecule has 1 fully saturated rings. The molecule has 70 valence electrons. The predicted molar refractivity (Wildman–Crippen MR) is 50.4 cm³/mol. The van der Waals surface area contributed by atoms with Crippen LogP contribution in [0.2, 0.25) is 0 Å². The lowest BCUT2D eigenvalue weighted by Crippen LogP contribution is -2.32. The summed E-state index contributed by atoms with van der Waals surface area (Å²) in [5, 5.41) is 0.956. The Morgan fingerprint density at radius 2 is 2.33 bits per heavy atom. The first kappa shape index (κ1) is 9.99. The third kappa shape index (κ3) is 3.11. The summed E-state index contributed by atoms with van der Waals surface area (Å²) in [7, 11) is 0. The van der Waals surface area contributed by atoms with E-state index in [4.69, 9.17) is 4.74 Å². The van der Waals surface area contributed by atoms with Gasteiger partial charge in [0.25, 0.3) is 0 Å². The van der Waals surface area contributed by atoms with Crippen LogP contribution in [0.15, 0.2) is 0 Å². The summed E-state index contributed by atoms with van der Waals surface area (Å²) in [6, 6.07) is 0. The lowest BCUT2D eigenvalue weighted by Gasteiger charge is -2.18. The Hall–Kier alpha value is -0.0900. The Morgan fingerprint density at radius 3 is 3.08 bits per heavy atom. The zero-order valence-corrected chi connectivity index (χ0v) is 8.68. The normalized spacial score (nSPS) is 19.4. The van der Waals surface area contributed by atoms with Crippen LogP contribution in [0.4, 0.5) is 0 Å². The van der Waals surface area contributed by atoms with E-state index in [1.807, 2.05) is 4.90 Å². The monoisotopic (exact) mass is 235 g/mol. The highest BCUT2D eigenvalue weighted by atomic mass is 79.9. The Balaban J connectivity index is 2.31. The number of alkyl halides is 1. The molecule has 1 saturated heterocycles. The number of nitrogens with zero attached hydrogens (tertiary/aromatic N) is 1. The summed E-state index contributed by atoms with van der Waals surface area (Å²) < 4.78 is 5.20. The van der Waals surface area contributed by atoms with Gasteiger partial charge in [0.05, 0.1) is 19.6 Å². The van der Waals surface area contributed by atoms with E-state index in [9.17, 15) is 4.79 Å². The zero-order valence-electron chi connectivity index (χ0n) is 7.09. The second-order valence-corrected chi connectivity index (χ2v) is 3.58. The summed E-state index contributed by atoms with van der Waals surface area (Å²) in [6.45, 7) is 2.89. The van der Waals surface area contributed by atoms with Gasteiger partial charge >= 0.3 is 0 Å². The van der Waals surface area contributed by atoms with Crippen molar-refractivity contribution in [2.75, 3.05) is 31.6 Å². The number of amides is 1. The minimum Gasteiger partial charge on any atom is -0.379 e. The molecule has 0 atom stereocenters. The lowest BCUT2D eigenvalue weighted by atomic mass is 10.3. The van der Waals surface area contributed by atoms with Gasteiger partial charge < -0.3 is 9.64 Å². The zero-order chi connectivity index (χ0) is 8.81. The molecule has 0 unspecified atom stereocenters. The molecule has 0 aromatic carbocycles. The first-order chi connectivity index (χ1) is 5.84. The van der Waals surface area contributed by atoms with Crippen LogP contribution in [-0.2, 0) is 9.53 Å². The van der Waals surface area contributed by atoms with Gasteiger partial charge in [-0.2, -0.15) is 0 Å². The van der Waals surface area contributed by atoms with E-state index in [1.165, 1.54) is 0 Å². The smallest absolute Gasteiger partial charge is 0.224 e. The maximum Gasteiger partial charge on any atom is 0.224 e. The van der Waals surface area contributed by atoms with Crippen LogP contribution in [0.5, 0.6) is 0 Å². The lowest BCUT2D eigenvalue weighted by molar-refractivity contribution is -0.130. The molecule has 1 aliphatic heterocycles. The molecule has 0 N–H and O–H groups in total. The number of halogens is 1. The van der Waals surface area contributed by atoms with Crippen molar-refractivity contribution in [2.24, 2.45) is 0 Å². The first-order valence-corrected chi connectivity index (χ1v) is 5.38. The topological polar surface area (TPSA) is 29.5 Å². The maximum atomic E-state index is 11.4. The van der Waals surface area contributed by atoms with E-state index in [0.717, 1.165) is 24.8 Å². The third-order valence-corrected chi connectivity index (χ3v) is 2.44. The van der Waals surface area contributed by atoms with Gasteiger partial charge in [-0.1, -0.05) is 15.9 Å². The van der Waals surface area contributed by atoms with Crippen LogP contribution < -0.4 is 0 Å². The average Bonchev–Trinajstić information content (AvgIpc) is 2.27. The van der Waals surface area contributed by atoms with E-state index in [0.29, 0.717) is 19.6 Å². The van der Waals surface area contributed by atoms with Gasteiger partial charge in [-0.3, -0.25) is 4.79 Å². The molecule has 0 bridgehead atoms. The number of ether oxygens (including phenoxy) is 1. The molecule has 0 aliphatic carbocycles. The van der Waals surface area contributed by atoms with Crippen LogP contribution in [-0.4, -0.2) is 42.4 Å². The summed E-state index contributed by atoms with van der Waals surface area (Å²) in [5.41, 5.74) is 0. The summed E-state index contributed by atoms with van der Waals surface area (Å²) in [5.74, 6) is 0.230. The number of carbonyl (C=O) groups excluding carboxylic acids is 1. The van der Waals surface area contributed by atoms with Crippen molar-refractivity contribution < 1.29 is 9.53 Å². The third-order valence-electron chi connectivity index (χ3n) is 1.88. The fourth-order valence-electron chi connectivity index (χ4n) is 1.21. The standard InChI is InChI=1S/C8H14BrNO2/c9-3-1-4-10-5-7-12-6-2-8(10)11/h1-7H2. The number of hydrogen-bond donors (Lipinski definition) is 0. The van der Waals surface area contributed by atoms with Crippen molar-refractivity contribution >= 4 is 21.8 Å². The molecular formula is C8H14BrNO2. The molecule has 0 radical (unpaired) electrons. The molecule has 0 aromatic heterocycles. The first-order valence-electron chi connectivity index (χ1n) is 4.26. The van der Waals surface area contributed by atoms with Crippen molar-refractivity contribution in [2.45, 2.75) is 12.8 Å². The van der Waals surface area contributed by atoms with Gasteiger partial charge in [-0.05, 0) is 6.42 Å². The molecule has 0 saturated carbocycles. The fourth-order valence-corrected chi connectivity index (χ4v) is 1.46. The van der Waals surface area contributed by atoms with E-state index in [-0.39, 0.29) is 5.91 Å². The second-order valence-electron chi connectivity index (χ2n) is 2.79. The van der Waals surface area contributed by atoms with Crippen LogP contribution in [0.3, 0.4) is 0 Å². The van der Waals surface area contributed by atoms with Crippen molar-refractivity contribution in [1.82, 2.24) is 4.90 Å². The van der Waals surface area contributed by atoms with Crippen LogP contribution in [0.1, 0.15) is 12.8 Å². The number of carbonyl (C=O) groups is 1. The van der Waals surface area contributed by atoms with Gasteiger partial charge in [-0.15, -0.1) is 0 Å². The molecule has 0 spiro atoms. The highest BCUT2D eigenvalue weighted by Gasteiger charge is 2.15. The Kier molecular flexibility index (Phi) is 4.61. The van der Waals surface area contributed by atoms with Gasteiger partial charge in [0, 0.05) is 18.4 Å². The van der Waals surface area contributed by atoms with Crippen molar-refractivity contribution in [3.8, 4) is 0 Å². The predicted octanol–water partition coefficient (Wildman–Crippen LogP) is 1.02. The Morgan fingerprint density at radius 1 is 1.50 bits per heavy atom. The molecule has 0 aromatic rings. The molecule has 1 aliphatic rings. The quantitative estimate of drug-likeness (QED) is 0.684. The molecular weight excluding hydrogens is 222 g/mol. The van der Waals surface area contributed by atoms with Gasteiger partial charge in [0.1, 0.15) is 0 Å². The van der Waals surface area contributed by atoms with Crippen LogP contribution in [0, 0.1) is 0 Å². The maximum absolute atomic E-state index is 11.4. The Bertz CT molecular complexity index is 152. The SMILES string of the molecule is O=C1CCOCCN1CCCBr. The summed E-state index contributed by atoms with van der Waals surface area (Å²) >= 11 is 3.35. The van der Waals surface area contributed by atoms with Crippen LogP contribution >= 0.6 is 15.9 Å². The van der Waals surface area contributed by atoms with Crippen molar-refractivity contribution in [3.63, 3.8) is 0 Å². The second kappa shape index (κ2) is 5.54. The minimum atomic E-state index is 0.230. The minimum absolute atomic E-state index is 0.230. The molecule has 1 amide bonds. The van der Waals surface area contributed by atoms with Crippen molar-refractivity contribution in [3.05, 3.63) is 0 Å².